The standard InChI is InChI=1S/C11H13ClFNO/c1-7(12)11(15)14-8(2)9-3-5-10(13)6-4-9/h3-8H,1-2H3,(H,14,15)/t7-,8-/m0/s1. The van der Waals surface area contributed by atoms with Gasteiger partial charge in [0.2, 0.25) is 5.91 Å². The molecular formula is C11H13ClFNO. The SMILES string of the molecule is C[C@H](Cl)C(=O)N[C@@H](C)c1ccc(F)cc1. The van der Waals surface area contributed by atoms with E-state index in [2.05, 4.69) is 5.32 Å². The van der Waals surface area contributed by atoms with E-state index >= 15 is 0 Å². The van der Waals surface area contributed by atoms with Crippen LogP contribution in [0.25, 0.3) is 0 Å². The molecule has 0 unspecified atom stereocenters. The Hall–Kier alpha value is -1.09. The van der Waals surface area contributed by atoms with Gasteiger partial charge >= 0.3 is 0 Å². The molecule has 1 amide bonds. The van der Waals surface area contributed by atoms with E-state index in [9.17, 15) is 9.18 Å². The predicted octanol–water partition coefficient (Wildman–Crippen LogP) is 2.63. The number of amides is 1. The topological polar surface area (TPSA) is 29.1 Å². The summed E-state index contributed by atoms with van der Waals surface area (Å²) in [5, 5.41) is 2.16. The lowest BCUT2D eigenvalue weighted by atomic mass is 10.1. The highest BCUT2D eigenvalue weighted by molar-refractivity contribution is 6.30. The van der Waals surface area contributed by atoms with Crippen LogP contribution < -0.4 is 5.32 Å². The predicted molar refractivity (Wildman–Crippen MR) is 58.3 cm³/mol. The molecule has 0 aliphatic carbocycles. The molecule has 0 spiro atoms. The van der Waals surface area contributed by atoms with Crippen LogP contribution in [0.1, 0.15) is 25.5 Å². The molecule has 0 heterocycles. The molecule has 0 aliphatic heterocycles. The molecule has 0 aromatic heterocycles. The van der Waals surface area contributed by atoms with Gasteiger partial charge in [-0.15, -0.1) is 11.6 Å². The Morgan fingerprint density at radius 3 is 2.33 bits per heavy atom. The Kier molecular flexibility index (Phi) is 4.09. The number of carbonyl (C=O) groups is 1. The minimum atomic E-state index is -0.562. The van der Waals surface area contributed by atoms with Gasteiger partial charge in [-0.25, -0.2) is 4.39 Å². The number of nitrogens with one attached hydrogen (secondary N) is 1. The van der Waals surface area contributed by atoms with Crippen LogP contribution in [0.3, 0.4) is 0 Å². The van der Waals surface area contributed by atoms with Gasteiger partial charge in [0.25, 0.3) is 0 Å². The molecule has 4 heteroatoms. The monoisotopic (exact) mass is 229 g/mol. The zero-order chi connectivity index (χ0) is 11.4. The van der Waals surface area contributed by atoms with Crippen LogP contribution in [0.4, 0.5) is 4.39 Å². The van der Waals surface area contributed by atoms with Crippen LogP contribution >= 0.6 is 11.6 Å². The number of benzene rings is 1. The zero-order valence-electron chi connectivity index (χ0n) is 8.63. The normalized spacial score (nSPS) is 14.4. The van der Waals surface area contributed by atoms with Crippen molar-refractivity contribution in [3.05, 3.63) is 35.6 Å². The smallest absolute Gasteiger partial charge is 0.238 e. The lowest BCUT2D eigenvalue weighted by molar-refractivity contribution is -0.121. The van der Waals surface area contributed by atoms with Crippen molar-refractivity contribution >= 4 is 17.5 Å². The van der Waals surface area contributed by atoms with E-state index in [1.807, 2.05) is 6.92 Å². The second kappa shape index (κ2) is 5.12. The quantitative estimate of drug-likeness (QED) is 0.794. The highest BCUT2D eigenvalue weighted by Gasteiger charge is 2.13. The third-order valence-corrected chi connectivity index (χ3v) is 2.29. The summed E-state index contributed by atoms with van der Waals surface area (Å²) in [5.41, 5.74) is 0.849. The molecule has 0 fully saturated rings. The van der Waals surface area contributed by atoms with Gasteiger partial charge in [0.05, 0.1) is 6.04 Å². The molecule has 0 saturated heterocycles. The van der Waals surface area contributed by atoms with Crippen LogP contribution in [-0.4, -0.2) is 11.3 Å². The molecule has 1 aromatic rings. The van der Waals surface area contributed by atoms with E-state index < -0.39 is 5.38 Å². The first kappa shape index (κ1) is 12.0. The summed E-state index contributed by atoms with van der Waals surface area (Å²) in [6, 6.07) is 5.84. The zero-order valence-corrected chi connectivity index (χ0v) is 9.38. The molecule has 1 aromatic carbocycles. The van der Waals surface area contributed by atoms with Gasteiger partial charge < -0.3 is 5.32 Å². The molecule has 0 radical (unpaired) electrons. The van der Waals surface area contributed by atoms with Crippen LogP contribution in [0.15, 0.2) is 24.3 Å². The van der Waals surface area contributed by atoms with Crippen LogP contribution in [0.5, 0.6) is 0 Å². The molecule has 0 bridgehead atoms. The van der Waals surface area contributed by atoms with Gasteiger partial charge in [0, 0.05) is 0 Å². The number of carbonyl (C=O) groups excluding carboxylic acids is 1. The van der Waals surface area contributed by atoms with E-state index in [0.717, 1.165) is 5.56 Å². The van der Waals surface area contributed by atoms with Crippen LogP contribution in [-0.2, 0) is 4.79 Å². The molecule has 0 aliphatic rings. The maximum atomic E-state index is 12.6. The Morgan fingerprint density at radius 1 is 1.33 bits per heavy atom. The van der Waals surface area contributed by atoms with Crippen molar-refractivity contribution in [1.29, 1.82) is 0 Å². The van der Waals surface area contributed by atoms with E-state index in [0.29, 0.717) is 0 Å². The second-order valence-electron chi connectivity index (χ2n) is 3.40. The molecule has 2 atom stereocenters. The molecule has 0 saturated carbocycles. The lowest BCUT2D eigenvalue weighted by Gasteiger charge is -2.15. The van der Waals surface area contributed by atoms with Crippen molar-refractivity contribution < 1.29 is 9.18 Å². The second-order valence-corrected chi connectivity index (χ2v) is 4.05. The number of rotatable bonds is 3. The average Bonchev–Trinajstić information content (AvgIpc) is 2.18. The lowest BCUT2D eigenvalue weighted by Crippen LogP contribution is -2.31. The Labute approximate surface area is 93.4 Å². The summed E-state index contributed by atoms with van der Waals surface area (Å²) in [4.78, 5) is 11.3. The summed E-state index contributed by atoms with van der Waals surface area (Å²) < 4.78 is 12.6. The van der Waals surface area contributed by atoms with E-state index in [1.165, 1.54) is 12.1 Å². The van der Waals surface area contributed by atoms with Gasteiger partial charge in [0.15, 0.2) is 0 Å². The molecule has 15 heavy (non-hydrogen) atoms. The summed E-state index contributed by atoms with van der Waals surface area (Å²) in [6.45, 7) is 3.43. The third kappa shape index (κ3) is 3.51. The molecular weight excluding hydrogens is 217 g/mol. The van der Waals surface area contributed by atoms with Crippen molar-refractivity contribution in [2.24, 2.45) is 0 Å². The van der Waals surface area contributed by atoms with Gasteiger partial charge in [-0.3, -0.25) is 4.79 Å². The average molecular weight is 230 g/mol. The minimum absolute atomic E-state index is 0.167. The van der Waals surface area contributed by atoms with Gasteiger partial charge in [-0.2, -0.15) is 0 Å². The summed E-state index contributed by atoms with van der Waals surface area (Å²) in [6.07, 6.45) is 0. The minimum Gasteiger partial charge on any atom is -0.348 e. The fourth-order valence-electron chi connectivity index (χ4n) is 1.16. The molecule has 2 nitrogen and oxygen atoms in total. The van der Waals surface area contributed by atoms with Crippen LogP contribution in [0.2, 0.25) is 0 Å². The number of alkyl halides is 1. The van der Waals surface area contributed by atoms with E-state index in [-0.39, 0.29) is 17.8 Å². The van der Waals surface area contributed by atoms with Crippen molar-refractivity contribution in [2.45, 2.75) is 25.3 Å². The van der Waals surface area contributed by atoms with Gasteiger partial charge in [0.1, 0.15) is 11.2 Å². The number of hydrogen-bond acceptors (Lipinski definition) is 1. The Morgan fingerprint density at radius 2 is 1.87 bits per heavy atom. The first-order valence-electron chi connectivity index (χ1n) is 4.70. The maximum absolute atomic E-state index is 12.6. The Bertz CT molecular complexity index is 337. The third-order valence-electron chi connectivity index (χ3n) is 2.09. The first-order valence-corrected chi connectivity index (χ1v) is 5.14. The van der Waals surface area contributed by atoms with Gasteiger partial charge in [-0.1, -0.05) is 12.1 Å². The molecule has 1 rings (SSSR count). The van der Waals surface area contributed by atoms with Crippen molar-refractivity contribution in [2.75, 3.05) is 0 Å². The maximum Gasteiger partial charge on any atom is 0.238 e. The van der Waals surface area contributed by atoms with Gasteiger partial charge in [-0.05, 0) is 31.5 Å². The molecule has 82 valence electrons. The summed E-state index contributed by atoms with van der Waals surface area (Å²) in [5.74, 6) is -0.517. The van der Waals surface area contributed by atoms with Crippen molar-refractivity contribution in [3.63, 3.8) is 0 Å². The fraction of sp³-hybridized carbons (Fsp3) is 0.364. The first-order chi connectivity index (χ1) is 7.00. The number of hydrogen-bond donors (Lipinski definition) is 1. The summed E-state index contributed by atoms with van der Waals surface area (Å²) in [7, 11) is 0. The summed E-state index contributed by atoms with van der Waals surface area (Å²) >= 11 is 5.61. The van der Waals surface area contributed by atoms with Crippen molar-refractivity contribution in [1.82, 2.24) is 5.32 Å². The number of halogens is 2. The van der Waals surface area contributed by atoms with Crippen molar-refractivity contribution in [3.8, 4) is 0 Å². The molecule has 1 N–H and O–H groups in total. The van der Waals surface area contributed by atoms with Crippen LogP contribution in [0, 0.1) is 5.82 Å². The largest absolute Gasteiger partial charge is 0.348 e. The Balaban J connectivity index is 2.65. The van der Waals surface area contributed by atoms with E-state index in [4.69, 9.17) is 11.6 Å². The highest BCUT2D eigenvalue weighted by Crippen LogP contribution is 2.13. The highest BCUT2D eigenvalue weighted by atomic mass is 35.5. The fourth-order valence-corrected chi connectivity index (χ4v) is 1.23. The van der Waals surface area contributed by atoms with E-state index in [1.54, 1.807) is 19.1 Å².